The van der Waals surface area contributed by atoms with Gasteiger partial charge in [-0.25, -0.2) is 4.39 Å². The van der Waals surface area contributed by atoms with E-state index in [4.69, 9.17) is 12.2 Å². The van der Waals surface area contributed by atoms with Crippen molar-refractivity contribution in [3.8, 4) is 12.3 Å². The number of carbonyl (C=O) groups excluding carboxylic acids is 3. The molecular weight excluding hydrogens is 301 g/mol. The van der Waals surface area contributed by atoms with Crippen molar-refractivity contribution < 1.29 is 18.8 Å². The maximum absolute atomic E-state index is 13.7. The maximum Gasteiger partial charge on any atom is 0.243 e. The molecule has 1 aromatic carbocycles. The molecule has 0 aliphatic heterocycles. The van der Waals surface area contributed by atoms with E-state index >= 15 is 0 Å². The second-order valence-electron chi connectivity index (χ2n) is 4.92. The average Bonchev–Trinajstić information content (AvgIpc) is 2.47. The van der Waals surface area contributed by atoms with Gasteiger partial charge in [0.25, 0.3) is 0 Å². The first-order valence-electron chi connectivity index (χ1n) is 6.88. The molecule has 0 radical (unpaired) electrons. The monoisotopic (exact) mass is 319 g/mol. The van der Waals surface area contributed by atoms with Gasteiger partial charge in [-0.05, 0) is 11.6 Å². The fourth-order valence-corrected chi connectivity index (χ4v) is 1.95. The van der Waals surface area contributed by atoms with Crippen LogP contribution in [0.4, 0.5) is 4.39 Å². The third-order valence-corrected chi connectivity index (χ3v) is 3.06. The van der Waals surface area contributed by atoms with Crippen LogP contribution in [0.15, 0.2) is 24.3 Å². The largest absolute Gasteiger partial charge is 0.368 e. The van der Waals surface area contributed by atoms with Crippen molar-refractivity contribution in [3.05, 3.63) is 35.6 Å². The van der Waals surface area contributed by atoms with Crippen LogP contribution in [0.3, 0.4) is 0 Å². The molecule has 0 aliphatic rings. The zero-order chi connectivity index (χ0) is 17.4. The topological polar surface area (TPSA) is 101 Å². The van der Waals surface area contributed by atoms with Gasteiger partial charge in [0.1, 0.15) is 17.9 Å². The average molecular weight is 319 g/mol. The summed E-state index contributed by atoms with van der Waals surface area (Å²) in [6.45, 7) is 1.23. The fraction of sp³-hybridized carbons (Fsp3) is 0.312. The Labute approximate surface area is 133 Å². The van der Waals surface area contributed by atoms with E-state index in [0.29, 0.717) is 0 Å². The Morgan fingerprint density at radius 1 is 1.26 bits per heavy atom. The predicted octanol–water partition coefficient (Wildman–Crippen LogP) is -0.134. The number of carbonyl (C=O) groups is 3. The Morgan fingerprint density at radius 3 is 2.43 bits per heavy atom. The highest BCUT2D eigenvalue weighted by Gasteiger charge is 2.25. The minimum atomic E-state index is -1.05. The van der Waals surface area contributed by atoms with E-state index in [0.717, 1.165) is 0 Å². The summed E-state index contributed by atoms with van der Waals surface area (Å²) in [7, 11) is 0. The van der Waals surface area contributed by atoms with Gasteiger partial charge in [0.2, 0.25) is 17.7 Å². The molecule has 4 N–H and O–H groups in total. The summed E-state index contributed by atoms with van der Waals surface area (Å²) in [5.74, 6) is -0.181. The van der Waals surface area contributed by atoms with Crippen LogP contribution in [0.2, 0.25) is 0 Å². The molecule has 0 heterocycles. The number of nitrogens with one attached hydrogen (secondary N) is 2. The summed E-state index contributed by atoms with van der Waals surface area (Å²) in [6.07, 6.45) is 4.97. The van der Waals surface area contributed by atoms with E-state index < -0.39 is 35.6 Å². The normalized spacial score (nSPS) is 12.6. The number of halogens is 1. The van der Waals surface area contributed by atoms with Gasteiger partial charge in [-0.1, -0.05) is 18.2 Å². The molecule has 0 bridgehead atoms. The van der Waals surface area contributed by atoms with Crippen molar-refractivity contribution >= 4 is 17.7 Å². The molecule has 1 rings (SSSR count). The van der Waals surface area contributed by atoms with Gasteiger partial charge in [-0.3, -0.25) is 14.4 Å². The third-order valence-electron chi connectivity index (χ3n) is 3.06. The quantitative estimate of drug-likeness (QED) is 0.610. The second-order valence-corrected chi connectivity index (χ2v) is 4.92. The van der Waals surface area contributed by atoms with Crippen LogP contribution in [0.25, 0.3) is 0 Å². The molecule has 0 unspecified atom stereocenters. The lowest BCUT2D eigenvalue weighted by molar-refractivity contribution is -0.130. The molecule has 0 aromatic heterocycles. The summed E-state index contributed by atoms with van der Waals surface area (Å²) in [6, 6.07) is 3.79. The molecule has 23 heavy (non-hydrogen) atoms. The molecule has 122 valence electrons. The first-order valence-corrected chi connectivity index (χ1v) is 6.88. The van der Waals surface area contributed by atoms with E-state index in [2.05, 4.69) is 16.6 Å². The van der Waals surface area contributed by atoms with E-state index in [9.17, 15) is 18.8 Å². The SMILES string of the molecule is C#CC[C@@H](NC(=O)[C@@H](Cc1ccccc1F)NC(C)=O)C(N)=O. The van der Waals surface area contributed by atoms with Crippen LogP contribution in [-0.4, -0.2) is 29.8 Å². The van der Waals surface area contributed by atoms with E-state index in [1.807, 2.05) is 0 Å². The molecule has 2 atom stereocenters. The van der Waals surface area contributed by atoms with Crippen molar-refractivity contribution in [2.24, 2.45) is 5.73 Å². The molecule has 7 heteroatoms. The zero-order valence-corrected chi connectivity index (χ0v) is 12.6. The van der Waals surface area contributed by atoms with Crippen LogP contribution in [-0.2, 0) is 20.8 Å². The number of nitrogens with two attached hydrogens (primary N) is 1. The van der Waals surface area contributed by atoms with Crippen LogP contribution in [0.1, 0.15) is 18.9 Å². The summed E-state index contributed by atoms with van der Waals surface area (Å²) in [5.41, 5.74) is 5.41. The molecule has 6 nitrogen and oxygen atoms in total. The summed E-state index contributed by atoms with van der Waals surface area (Å²) in [5, 5.41) is 4.79. The zero-order valence-electron chi connectivity index (χ0n) is 12.6. The summed E-state index contributed by atoms with van der Waals surface area (Å²) >= 11 is 0. The molecule has 3 amide bonds. The summed E-state index contributed by atoms with van der Waals surface area (Å²) in [4.78, 5) is 34.8. The first-order chi connectivity index (χ1) is 10.8. The van der Waals surface area contributed by atoms with Gasteiger partial charge in [0, 0.05) is 19.8 Å². The Morgan fingerprint density at radius 2 is 1.91 bits per heavy atom. The standard InChI is InChI=1S/C16H18FN3O3/c1-3-6-13(15(18)22)20-16(23)14(19-10(2)21)9-11-7-4-5-8-12(11)17/h1,4-5,7-8,13-14H,6,9H2,2H3,(H2,18,22)(H,19,21)(H,20,23)/t13-,14-/m1/s1. The second kappa shape index (κ2) is 8.54. The van der Waals surface area contributed by atoms with Crippen molar-refractivity contribution in [1.82, 2.24) is 10.6 Å². The minimum Gasteiger partial charge on any atom is -0.368 e. The first kappa shape index (κ1) is 18.2. The molecular formula is C16H18FN3O3. The maximum atomic E-state index is 13.7. The number of benzene rings is 1. The van der Waals surface area contributed by atoms with Gasteiger partial charge in [-0.15, -0.1) is 12.3 Å². The highest BCUT2D eigenvalue weighted by Crippen LogP contribution is 2.09. The molecule has 1 aromatic rings. The van der Waals surface area contributed by atoms with Crippen LogP contribution < -0.4 is 16.4 Å². The van der Waals surface area contributed by atoms with E-state index in [1.54, 1.807) is 6.07 Å². The van der Waals surface area contributed by atoms with Gasteiger partial charge in [-0.2, -0.15) is 0 Å². The molecule has 0 fully saturated rings. The van der Waals surface area contributed by atoms with Gasteiger partial charge in [0.05, 0.1) is 0 Å². The minimum absolute atomic E-state index is 0.0698. The lowest BCUT2D eigenvalue weighted by Crippen LogP contribution is -2.53. The van der Waals surface area contributed by atoms with Crippen LogP contribution >= 0.6 is 0 Å². The molecule has 0 saturated heterocycles. The van der Waals surface area contributed by atoms with E-state index in [1.165, 1.54) is 25.1 Å². The molecule has 0 aliphatic carbocycles. The Hall–Kier alpha value is -2.88. The van der Waals surface area contributed by atoms with Gasteiger partial charge < -0.3 is 16.4 Å². The van der Waals surface area contributed by atoms with Crippen LogP contribution in [0.5, 0.6) is 0 Å². The molecule has 0 saturated carbocycles. The van der Waals surface area contributed by atoms with Crippen molar-refractivity contribution in [3.63, 3.8) is 0 Å². The Balaban J connectivity index is 2.90. The number of rotatable bonds is 7. The van der Waals surface area contributed by atoms with E-state index in [-0.39, 0.29) is 18.4 Å². The Kier molecular flexibility index (Phi) is 6.74. The van der Waals surface area contributed by atoms with Crippen molar-refractivity contribution in [2.75, 3.05) is 0 Å². The highest BCUT2D eigenvalue weighted by atomic mass is 19.1. The smallest absolute Gasteiger partial charge is 0.243 e. The lowest BCUT2D eigenvalue weighted by Gasteiger charge is -2.20. The number of amides is 3. The van der Waals surface area contributed by atoms with Crippen molar-refractivity contribution in [2.45, 2.75) is 31.8 Å². The summed E-state index contributed by atoms with van der Waals surface area (Å²) < 4.78 is 13.7. The number of hydrogen-bond donors (Lipinski definition) is 3. The Bertz CT molecular complexity index is 640. The van der Waals surface area contributed by atoms with Gasteiger partial charge in [0.15, 0.2) is 0 Å². The number of terminal acetylenes is 1. The lowest BCUT2D eigenvalue weighted by atomic mass is 10.0. The number of hydrogen-bond acceptors (Lipinski definition) is 3. The predicted molar refractivity (Wildman–Crippen MR) is 82.3 cm³/mol. The fourth-order valence-electron chi connectivity index (χ4n) is 1.95. The van der Waals surface area contributed by atoms with Crippen LogP contribution in [0, 0.1) is 18.2 Å². The van der Waals surface area contributed by atoms with Crippen molar-refractivity contribution in [1.29, 1.82) is 0 Å². The number of primary amides is 1. The third kappa shape index (κ3) is 5.79. The molecule has 0 spiro atoms. The van der Waals surface area contributed by atoms with Gasteiger partial charge >= 0.3 is 0 Å². The highest BCUT2D eigenvalue weighted by molar-refractivity contribution is 5.91.